The van der Waals surface area contributed by atoms with E-state index >= 15 is 0 Å². The normalized spacial score (nSPS) is 20.5. The summed E-state index contributed by atoms with van der Waals surface area (Å²) >= 11 is 0. The molecule has 0 amide bonds. The number of aliphatic hydroxyl groups is 1. The van der Waals surface area contributed by atoms with E-state index in [-0.39, 0.29) is 57.9 Å². The molecule has 0 saturated carbocycles. The summed E-state index contributed by atoms with van der Waals surface area (Å²) in [7, 11) is 0. The Bertz CT molecular complexity index is 1700. The van der Waals surface area contributed by atoms with Gasteiger partial charge in [0, 0.05) is 24.3 Å². The van der Waals surface area contributed by atoms with Gasteiger partial charge in [0.1, 0.15) is 23.0 Å². The third kappa shape index (κ3) is 3.24. The van der Waals surface area contributed by atoms with Gasteiger partial charge in [0.25, 0.3) is 0 Å². The quantitative estimate of drug-likeness (QED) is 0.229. The van der Waals surface area contributed by atoms with Gasteiger partial charge in [-0.3, -0.25) is 9.59 Å². The van der Waals surface area contributed by atoms with Gasteiger partial charge >= 0.3 is 0 Å². The van der Waals surface area contributed by atoms with E-state index in [1.54, 1.807) is 50.2 Å². The van der Waals surface area contributed by atoms with Crippen LogP contribution < -0.4 is 0 Å². The van der Waals surface area contributed by atoms with Crippen molar-refractivity contribution < 1.29 is 35.1 Å². The van der Waals surface area contributed by atoms with Gasteiger partial charge in [-0.1, -0.05) is 30.3 Å². The van der Waals surface area contributed by atoms with Gasteiger partial charge in [-0.05, 0) is 59.7 Å². The second kappa shape index (κ2) is 7.57. The van der Waals surface area contributed by atoms with Crippen LogP contribution in [-0.4, -0.2) is 42.7 Å². The molecule has 5 N–H and O–H groups in total. The number of aromatic hydroxyl groups is 4. The summed E-state index contributed by atoms with van der Waals surface area (Å²) in [6.07, 6.45) is 0.0340. The number of hydrogen-bond donors (Lipinski definition) is 5. The van der Waals surface area contributed by atoms with Gasteiger partial charge in [0.2, 0.25) is 5.78 Å². The summed E-state index contributed by atoms with van der Waals surface area (Å²) in [6, 6.07) is 13.0. The highest BCUT2D eigenvalue weighted by molar-refractivity contribution is 6.16. The molecule has 6 rings (SSSR count). The van der Waals surface area contributed by atoms with Crippen molar-refractivity contribution in [1.82, 2.24) is 0 Å². The summed E-state index contributed by atoms with van der Waals surface area (Å²) < 4.78 is 0. The number of carbonyl (C=O) groups excluding carboxylic acids is 2. The number of rotatable bonds is 1. The van der Waals surface area contributed by atoms with E-state index in [2.05, 4.69) is 0 Å². The Morgan fingerprint density at radius 1 is 0.784 bits per heavy atom. The van der Waals surface area contributed by atoms with Crippen molar-refractivity contribution in [3.05, 3.63) is 93.0 Å². The van der Waals surface area contributed by atoms with Gasteiger partial charge in [-0.25, -0.2) is 0 Å². The molecule has 0 aliphatic heterocycles. The topological polar surface area (TPSA) is 135 Å². The monoisotopic (exact) mass is 496 g/mol. The first kappa shape index (κ1) is 23.1. The zero-order valence-electron chi connectivity index (χ0n) is 20.2. The van der Waals surface area contributed by atoms with Crippen molar-refractivity contribution >= 4 is 22.3 Å². The summed E-state index contributed by atoms with van der Waals surface area (Å²) in [5.74, 6) is -2.80. The Hall–Kier alpha value is -4.36. The Labute approximate surface area is 211 Å². The number of phenolic OH excluding ortho intramolecular Hbond substituents is 4. The van der Waals surface area contributed by atoms with Crippen LogP contribution in [0.3, 0.4) is 0 Å². The lowest BCUT2D eigenvalue weighted by molar-refractivity contribution is 0.0409. The second-order valence-corrected chi connectivity index (χ2v) is 10.4. The lowest BCUT2D eigenvalue weighted by Crippen LogP contribution is -2.35. The molecule has 0 saturated heterocycles. The number of phenols is 4. The van der Waals surface area contributed by atoms with E-state index in [0.717, 1.165) is 0 Å². The first-order valence-electron chi connectivity index (χ1n) is 11.9. The minimum absolute atomic E-state index is 0.0331. The molecular weight excluding hydrogens is 472 g/mol. The van der Waals surface area contributed by atoms with Crippen LogP contribution >= 0.6 is 0 Å². The minimum atomic E-state index is -1.23. The number of hydrogen-bond acceptors (Lipinski definition) is 7. The van der Waals surface area contributed by atoms with E-state index in [0.29, 0.717) is 33.2 Å². The molecule has 0 heterocycles. The molecule has 4 aromatic carbocycles. The van der Waals surface area contributed by atoms with Crippen LogP contribution in [0.2, 0.25) is 0 Å². The zero-order valence-corrected chi connectivity index (χ0v) is 20.2. The molecular formula is C30H24O7. The molecule has 2 aliphatic rings. The van der Waals surface area contributed by atoms with Crippen molar-refractivity contribution in [2.75, 3.05) is 0 Å². The summed E-state index contributed by atoms with van der Waals surface area (Å²) in [5.41, 5.74) is 1.37. The highest BCUT2D eigenvalue weighted by Crippen LogP contribution is 2.51. The largest absolute Gasteiger partial charge is 0.507 e. The van der Waals surface area contributed by atoms with Crippen molar-refractivity contribution in [2.45, 2.75) is 38.2 Å². The van der Waals surface area contributed by atoms with Gasteiger partial charge in [0.15, 0.2) is 5.78 Å². The van der Waals surface area contributed by atoms with Gasteiger partial charge in [-0.15, -0.1) is 0 Å². The van der Waals surface area contributed by atoms with Crippen molar-refractivity contribution in [3.8, 4) is 23.0 Å². The Kier molecular flexibility index (Phi) is 4.72. The van der Waals surface area contributed by atoms with E-state index in [4.69, 9.17) is 0 Å². The second-order valence-electron chi connectivity index (χ2n) is 10.4. The van der Waals surface area contributed by atoms with Crippen LogP contribution in [0, 0.1) is 6.92 Å². The van der Waals surface area contributed by atoms with Crippen molar-refractivity contribution in [1.29, 1.82) is 0 Å². The summed E-state index contributed by atoms with van der Waals surface area (Å²) in [6.45, 7) is 3.35. The molecule has 7 heteroatoms. The highest BCUT2D eigenvalue weighted by Gasteiger charge is 2.39. The predicted octanol–water partition coefficient (Wildman–Crippen LogP) is 4.58. The highest BCUT2D eigenvalue weighted by atomic mass is 16.3. The number of carbonyl (C=O) groups is 2. The average Bonchev–Trinajstić information content (AvgIpc) is 2.78. The first-order chi connectivity index (χ1) is 17.5. The van der Waals surface area contributed by atoms with Gasteiger partial charge in [0.05, 0.1) is 27.7 Å². The molecule has 7 nitrogen and oxygen atoms in total. The third-order valence-electron chi connectivity index (χ3n) is 7.51. The van der Waals surface area contributed by atoms with E-state index in [1.807, 2.05) is 0 Å². The molecule has 37 heavy (non-hydrogen) atoms. The molecule has 2 unspecified atom stereocenters. The lowest BCUT2D eigenvalue weighted by atomic mass is 9.72. The Morgan fingerprint density at radius 3 is 2.27 bits per heavy atom. The third-order valence-corrected chi connectivity index (χ3v) is 7.51. The first-order valence-corrected chi connectivity index (χ1v) is 11.9. The van der Waals surface area contributed by atoms with Crippen molar-refractivity contribution in [3.63, 3.8) is 0 Å². The number of ketones is 2. The maximum atomic E-state index is 13.4. The molecule has 2 atom stereocenters. The van der Waals surface area contributed by atoms with E-state index < -0.39 is 23.1 Å². The van der Waals surface area contributed by atoms with Crippen LogP contribution in [0.25, 0.3) is 10.8 Å². The van der Waals surface area contributed by atoms with Crippen molar-refractivity contribution in [2.24, 2.45) is 0 Å². The maximum absolute atomic E-state index is 13.4. The molecule has 0 radical (unpaired) electrons. The molecule has 0 aromatic heterocycles. The SMILES string of the molecule is Cc1cc(O)c2c(c1)C(c1ccc3cc4c(c(O)c3c1O)C(=O)CC(C)(O)C4)c1cccc(O)c1C2=O. The van der Waals surface area contributed by atoms with E-state index in [9.17, 15) is 35.1 Å². The molecule has 0 fully saturated rings. The van der Waals surface area contributed by atoms with Crippen LogP contribution in [-0.2, 0) is 6.42 Å². The average molecular weight is 497 g/mol. The molecule has 186 valence electrons. The number of Topliss-reactive ketones (excluding diaryl/α,β-unsaturated/α-hetero) is 1. The van der Waals surface area contributed by atoms with Crippen LogP contribution in [0.5, 0.6) is 23.0 Å². The smallest absolute Gasteiger partial charge is 0.201 e. The predicted molar refractivity (Wildman–Crippen MR) is 136 cm³/mol. The van der Waals surface area contributed by atoms with Crippen LogP contribution in [0.4, 0.5) is 0 Å². The fourth-order valence-electron chi connectivity index (χ4n) is 6.06. The summed E-state index contributed by atoms with van der Waals surface area (Å²) in [5, 5.41) is 55.1. The Balaban J connectivity index is 1.67. The zero-order chi connectivity index (χ0) is 26.4. The van der Waals surface area contributed by atoms with E-state index in [1.165, 1.54) is 12.1 Å². The number of benzene rings is 4. The fourth-order valence-corrected chi connectivity index (χ4v) is 6.06. The van der Waals surface area contributed by atoms with Crippen LogP contribution in [0.1, 0.15) is 73.4 Å². The molecule has 0 bridgehead atoms. The van der Waals surface area contributed by atoms with Gasteiger partial charge in [-0.2, -0.15) is 0 Å². The minimum Gasteiger partial charge on any atom is -0.507 e. The van der Waals surface area contributed by atoms with Crippen LogP contribution in [0.15, 0.2) is 48.5 Å². The standard InChI is InChI=1S/C30H24O7/c1-13-8-18-24(16-4-3-5-19(31)25(16)29(36)26(18)20(32)9-13)17-7-6-14-10-15-11-30(2,37)12-21(33)22(15)28(35)23(14)27(17)34/h3-10,24,31-32,34-35,37H,11-12H2,1-2H3. The molecule has 2 aliphatic carbocycles. The summed E-state index contributed by atoms with van der Waals surface area (Å²) in [4.78, 5) is 26.2. The lowest BCUT2D eigenvalue weighted by Gasteiger charge is -2.31. The molecule has 4 aromatic rings. The number of aryl methyl sites for hydroxylation is 1. The maximum Gasteiger partial charge on any atom is 0.201 e. The fraction of sp³-hybridized carbons (Fsp3) is 0.200. The molecule has 0 spiro atoms. The number of fused-ring (bicyclic) bond motifs is 4. The van der Waals surface area contributed by atoms with Gasteiger partial charge < -0.3 is 25.5 Å². The Morgan fingerprint density at radius 2 is 1.51 bits per heavy atom.